The molecule has 1 rings (SSSR count). The molecular weight excluding hydrogens is 425 g/mol. The number of halogens is 6. The number of carbonyl (C=O) groups excluding carboxylic acids is 1. The molecule has 0 spiro atoms. The molecule has 0 N–H and O–H groups in total. The number of hydrogen-bond acceptors (Lipinski definition) is 2. The van der Waals surface area contributed by atoms with Crippen molar-refractivity contribution in [2.75, 3.05) is 7.11 Å². The summed E-state index contributed by atoms with van der Waals surface area (Å²) >= 11 is 0. The molecule has 0 saturated heterocycles. The zero-order valence-corrected chi connectivity index (χ0v) is 14.3. The molecule has 0 unspecified atom stereocenters. The number of methoxy groups -OCH3 is 1. The van der Waals surface area contributed by atoms with E-state index < -0.39 is 7.81 Å². The van der Waals surface area contributed by atoms with Crippen molar-refractivity contribution in [3.63, 3.8) is 0 Å². The third kappa shape index (κ3) is 51.8. The summed E-state index contributed by atoms with van der Waals surface area (Å²) in [6.07, 6.45) is 9.55. The van der Waals surface area contributed by atoms with Crippen molar-refractivity contribution in [1.29, 1.82) is 0 Å². The first-order chi connectivity index (χ1) is 10.8. The van der Waals surface area contributed by atoms with Crippen LogP contribution in [0.4, 0.5) is 25.2 Å². The predicted molar refractivity (Wildman–Crippen MR) is 68.1 cm³/mol. The zero-order chi connectivity index (χ0) is 20.5. The van der Waals surface area contributed by atoms with Crippen LogP contribution in [-0.4, -0.2) is 13.1 Å². The first-order valence-corrected chi connectivity index (χ1v) is 7.28. The molecular formula is C12H11F6FeO5P-. The minimum Gasteiger partial charge on any atom is 0 e. The molecule has 0 aromatic heterocycles. The van der Waals surface area contributed by atoms with Crippen molar-refractivity contribution in [3.05, 3.63) is 50.2 Å². The second-order valence-electron chi connectivity index (χ2n) is 3.29. The Morgan fingerprint density at radius 2 is 1.16 bits per heavy atom. The van der Waals surface area contributed by atoms with Gasteiger partial charge in [-0.15, -0.1) is 0 Å². The van der Waals surface area contributed by atoms with Gasteiger partial charge in [-0.05, 0) is 12.8 Å². The molecule has 0 aromatic carbocycles. The normalized spacial score (nSPS) is 14.6. The maximum absolute atomic E-state index is 11.0. The fourth-order valence-electron chi connectivity index (χ4n) is 0.923. The van der Waals surface area contributed by atoms with Crippen LogP contribution in [0, 0.1) is 25.9 Å². The molecule has 0 heterocycles. The SMILES string of the molecule is COC(=O)[C]1C=CCCC=C1.F[P-](F)(F)(F)(F)F.[C-]#[O+].[C-]#[O+].[C-]#[O+].[Fe]. The van der Waals surface area contributed by atoms with Crippen LogP contribution >= 0.6 is 7.81 Å². The summed E-state index contributed by atoms with van der Waals surface area (Å²) < 4.78 is 86.3. The van der Waals surface area contributed by atoms with Gasteiger partial charge in [0.1, 0.15) is 5.92 Å². The average molecular weight is 436 g/mol. The molecule has 145 valence electrons. The third-order valence-electron chi connectivity index (χ3n) is 1.52. The maximum atomic E-state index is 11.0. The van der Waals surface area contributed by atoms with Gasteiger partial charge in [0, 0.05) is 17.1 Å². The van der Waals surface area contributed by atoms with Crippen molar-refractivity contribution < 1.29 is 65.7 Å². The van der Waals surface area contributed by atoms with Gasteiger partial charge in [-0.2, -0.15) is 0 Å². The summed E-state index contributed by atoms with van der Waals surface area (Å²) in [5, 5.41) is 0. The minimum absolute atomic E-state index is 0. The van der Waals surface area contributed by atoms with Crippen LogP contribution in [0.1, 0.15) is 12.8 Å². The van der Waals surface area contributed by atoms with Crippen LogP contribution in [0.3, 0.4) is 0 Å². The van der Waals surface area contributed by atoms with Gasteiger partial charge in [0.05, 0.1) is 7.11 Å². The molecule has 0 atom stereocenters. The van der Waals surface area contributed by atoms with Crippen LogP contribution < -0.4 is 0 Å². The maximum Gasteiger partial charge on any atom is 0 e. The molecule has 25 heavy (non-hydrogen) atoms. The second-order valence-corrected chi connectivity index (χ2v) is 5.20. The van der Waals surface area contributed by atoms with Crippen LogP contribution in [0.15, 0.2) is 24.3 Å². The fraction of sp³-hybridized carbons (Fsp3) is 0.250. The van der Waals surface area contributed by atoms with Crippen molar-refractivity contribution in [1.82, 2.24) is 0 Å². The molecule has 1 aliphatic rings. The van der Waals surface area contributed by atoms with E-state index in [1.165, 1.54) is 7.11 Å². The van der Waals surface area contributed by atoms with Crippen LogP contribution in [0.25, 0.3) is 0 Å². The van der Waals surface area contributed by atoms with Crippen molar-refractivity contribution >= 4 is 13.8 Å². The standard InChI is InChI=1S/C9H11O2.3CO.F6P.Fe/c1-11-9(10)8-6-4-2-3-5-7-8;3*1-2;1-7(2,3,4,5)6;/h4-7H,2-3H2,1H3;;;;;/q;;;;-1;. The molecule has 0 fully saturated rings. The van der Waals surface area contributed by atoms with E-state index in [2.05, 4.69) is 24.7 Å². The quantitative estimate of drug-likeness (QED) is 0.146. The summed E-state index contributed by atoms with van der Waals surface area (Å²) in [4.78, 5) is 11.0. The molecule has 0 saturated carbocycles. The minimum atomic E-state index is -10.7. The average Bonchev–Trinajstić information content (AvgIpc) is 2.78. The molecule has 0 amide bonds. The summed E-state index contributed by atoms with van der Waals surface area (Å²) in [6.45, 7) is 13.5. The number of esters is 1. The van der Waals surface area contributed by atoms with E-state index in [1.54, 1.807) is 12.2 Å². The smallest absolute Gasteiger partial charge is 0 e. The number of hydrogen-bond donors (Lipinski definition) is 0. The van der Waals surface area contributed by atoms with E-state index in [0.29, 0.717) is 5.92 Å². The Labute approximate surface area is 150 Å². The van der Waals surface area contributed by atoms with Gasteiger partial charge in [0.15, 0.2) is 0 Å². The molecule has 1 radical (unpaired) electrons. The van der Waals surface area contributed by atoms with Crippen molar-refractivity contribution in [3.8, 4) is 0 Å². The summed E-state index contributed by atoms with van der Waals surface area (Å²) in [6, 6.07) is 0. The van der Waals surface area contributed by atoms with E-state index in [4.69, 9.17) is 14.0 Å². The van der Waals surface area contributed by atoms with Crippen LogP contribution in [-0.2, 0) is 40.6 Å². The zero-order valence-electron chi connectivity index (χ0n) is 12.3. The Kier molecular flexibility index (Phi) is 20.9. The Balaban J connectivity index is -0.0000000833. The summed E-state index contributed by atoms with van der Waals surface area (Å²) in [5.41, 5.74) is 0. The molecule has 0 aliphatic heterocycles. The van der Waals surface area contributed by atoms with E-state index in [1.807, 2.05) is 12.2 Å². The van der Waals surface area contributed by atoms with Gasteiger partial charge in [-0.3, -0.25) is 4.79 Å². The summed E-state index contributed by atoms with van der Waals surface area (Å²) in [5.74, 6) is 0.365. The number of carbonyl (C=O) groups is 1. The van der Waals surface area contributed by atoms with E-state index >= 15 is 0 Å². The fourth-order valence-corrected chi connectivity index (χ4v) is 0.923. The second kappa shape index (κ2) is 15.0. The first kappa shape index (κ1) is 34.9. The Morgan fingerprint density at radius 1 is 0.920 bits per heavy atom. The van der Waals surface area contributed by atoms with Crippen LogP contribution in [0.2, 0.25) is 0 Å². The molecule has 5 nitrogen and oxygen atoms in total. The van der Waals surface area contributed by atoms with Crippen LogP contribution in [0.5, 0.6) is 0 Å². The Morgan fingerprint density at radius 3 is 1.36 bits per heavy atom. The molecule has 0 bridgehead atoms. The molecule has 13 heteroatoms. The van der Waals surface area contributed by atoms with Crippen molar-refractivity contribution in [2.45, 2.75) is 12.8 Å². The van der Waals surface area contributed by atoms with Gasteiger partial charge in [-0.1, -0.05) is 24.3 Å². The van der Waals surface area contributed by atoms with E-state index in [-0.39, 0.29) is 23.0 Å². The Hall–Kier alpha value is -1.30. The van der Waals surface area contributed by atoms with Gasteiger partial charge < -0.3 is 4.74 Å². The van der Waals surface area contributed by atoms with Gasteiger partial charge in [-0.25, -0.2) is 0 Å². The predicted octanol–water partition coefficient (Wildman–Crippen LogP) is 4.91. The number of allylic oxidation sites excluding steroid dienone is 2. The molecule has 1 aliphatic carbocycles. The first-order valence-electron chi connectivity index (χ1n) is 5.25. The molecule has 0 aromatic rings. The van der Waals surface area contributed by atoms with Gasteiger partial charge in [0.2, 0.25) is 0 Å². The largest absolute Gasteiger partial charge is 0 e. The number of rotatable bonds is 1. The topological polar surface area (TPSA) is 86.0 Å². The Bertz CT molecular complexity index is 441. The monoisotopic (exact) mass is 436 g/mol. The van der Waals surface area contributed by atoms with Gasteiger partial charge >= 0.3 is 72.9 Å². The third-order valence-corrected chi connectivity index (χ3v) is 1.52. The van der Waals surface area contributed by atoms with E-state index in [9.17, 15) is 30.0 Å². The van der Waals surface area contributed by atoms with E-state index in [0.717, 1.165) is 12.8 Å². The van der Waals surface area contributed by atoms with Crippen molar-refractivity contribution in [2.24, 2.45) is 0 Å². The van der Waals surface area contributed by atoms with Gasteiger partial charge in [0.25, 0.3) is 0 Å². The number of ether oxygens (including phenoxy) is 1. The summed E-state index contributed by atoms with van der Waals surface area (Å²) in [7, 11) is -9.27.